The number of benzene rings is 2. The first kappa shape index (κ1) is 15.6. The number of aromatic nitrogens is 4. The molecule has 2 aromatic carbocycles. The summed E-state index contributed by atoms with van der Waals surface area (Å²) in [6.07, 6.45) is 2.18. The van der Waals surface area contributed by atoms with Gasteiger partial charge in [-0.15, -0.1) is 0 Å². The highest BCUT2D eigenvalue weighted by atomic mass is 15.6. The predicted octanol–water partition coefficient (Wildman–Crippen LogP) is 4.16. The Bertz CT molecular complexity index is 904. The molecule has 1 aliphatic heterocycles. The van der Waals surface area contributed by atoms with Gasteiger partial charge in [0.25, 0.3) is 0 Å². The summed E-state index contributed by atoms with van der Waals surface area (Å²) in [5.41, 5.74) is 5.90. The Morgan fingerprint density at radius 2 is 1.72 bits per heavy atom. The number of nitrogens with zero attached hydrogens (tertiary/aromatic N) is 4. The lowest BCUT2D eigenvalue weighted by atomic mass is 9.98. The van der Waals surface area contributed by atoms with E-state index in [1.165, 1.54) is 11.1 Å². The highest BCUT2D eigenvalue weighted by Gasteiger charge is 2.24. The van der Waals surface area contributed by atoms with Gasteiger partial charge in [0, 0.05) is 5.70 Å². The van der Waals surface area contributed by atoms with Crippen LogP contribution in [0.2, 0.25) is 0 Å². The van der Waals surface area contributed by atoms with E-state index in [9.17, 15) is 0 Å². The number of rotatable bonds is 3. The molecule has 0 spiro atoms. The van der Waals surface area contributed by atoms with Gasteiger partial charge < -0.3 is 5.32 Å². The summed E-state index contributed by atoms with van der Waals surface area (Å²) < 4.78 is 1.82. The average Bonchev–Trinajstić information content (AvgIpc) is 3.10. The molecule has 1 atom stereocenters. The molecule has 5 heteroatoms. The smallest absolute Gasteiger partial charge is 0.248 e. The molecule has 0 bridgehead atoms. The van der Waals surface area contributed by atoms with Crippen LogP contribution in [0.3, 0.4) is 0 Å². The SMILES string of the molecule is Cc1ccc(C2C=C(c3ccc(C(C)C)cc3)Nc3nnnn32)cc1. The molecule has 1 N–H and O–H groups in total. The second-order valence-corrected chi connectivity index (χ2v) is 6.78. The molecule has 1 unspecified atom stereocenters. The van der Waals surface area contributed by atoms with Crippen molar-refractivity contribution in [3.63, 3.8) is 0 Å². The van der Waals surface area contributed by atoms with E-state index in [1.54, 1.807) is 0 Å². The van der Waals surface area contributed by atoms with Crippen molar-refractivity contribution in [2.45, 2.75) is 32.7 Å². The maximum absolute atomic E-state index is 4.15. The van der Waals surface area contributed by atoms with Gasteiger partial charge in [0.2, 0.25) is 5.95 Å². The van der Waals surface area contributed by atoms with Gasteiger partial charge in [0.05, 0.1) is 0 Å². The Kier molecular flexibility index (Phi) is 3.84. The monoisotopic (exact) mass is 331 g/mol. The zero-order chi connectivity index (χ0) is 17.4. The molecule has 0 amide bonds. The minimum atomic E-state index is -0.0216. The van der Waals surface area contributed by atoms with Gasteiger partial charge in [0.1, 0.15) is 6.04 Å². The van der Waals surface area contributed by atoms with E-state index in [1.807, 2.05) is 4.68 Å². The zero-order valence-corrected chi connectivity index (χ0v) is 14.6. The number of hydrogen-bond acceptors (Lipinski definition) is 4. The van der Waals surface area contributed by atoms with Gasteiger partial charge >= 0.3 is 0 Å². The van der Waals surface area contributed by atoms with Crippen molar-refractivity contribution in [1.29, 1.82) is 0 Å². The highest BCUT2D eigenvalue weighted by Crippen LogP contribution is 2.32. The Labute approximate surface area is 147 Å². The van der Waals surface area contributed by atoms with E-state index in [2.05, 4.69) is 96.2 Å². The van der Waals surface area contributed by atoms with E-state index in [-0.39, 0.29) is 6.04 Å². The van der Waals surface area contributed by atoms with Crippen LogP contribution in [0.15, 0.2) is 54.6 Å². The quantitative estimate of drug-likeness (QED) is 0.783. The standard InChI is InChI=1S/C20H21N5/c1-13(2)15-8-10-16(11-9-15)18-12-19(17-6-4-14(3)5-7-17)25-20(21-18)22-23-24-25/h4-13,19H,1-3H3,(H,21,22,24). The molecule has 1 aromatic heterocycles. The van der Waals surface area contributed by atoms with Gasteiger partial charge in [-0.1, -0.05) is 73.0 Å². The van der Waals surface area contributed by atoms with Crippen LogP contribution >= 0.6 is 0 Å². The van der Waals surface area contributed by atoms with Gasteiger partial charge in [-0.2, -0.15) is 4.68 Å². The fourth-order valence-corrected chi connectivity index (χ4v) is 3.07. The fraction of sp³-hybridized carbons (Fsp3) is 0.250. The van der Waals surface area contributed by atoms with Crippen LogP contribution < -0.4 is 5.32 Å². The number of anilines is 1. The number of hydrogen-bond donors (Lipinski definition) is 1. The highest BCUT2D eigenvalue weighted by molar-refractivity contribution is 5.77. The zero-order valence-electron chi connectivity index (χ0n) is 14.6. The van der Waals surface area contributed by atoms with E-state index in [4.69, 9.17) is 0 Å². The Morgan fingerprint density at radius 3 is 2.40 bits per heavy atom. The van der Waals surface area contributed by atoms with Crippen molar-refractivity contribution in [3.05, 3.63) is 76.9 Å². The predicted molar refractivity (Wildman–Crippen MR) is 99.3 cm³/mol. The van der Waals surface area contributed by atoms with Crippen molar-refractivity contribution >= 4 is 11.6 Å². The number of tetrazole rings is 1. The normalized spacial score (nSPS) is 16.3. The first-order valence-corrected chi connectivity index (χ1v) is 8.55. The third-order valence-corrected chi connectivity index (χ3v) is 4.63. The molecule has 25 heavy (non-hydrogen) atoms. The summed E-state index contributed by atoms with van der Waals surface area (Å²) in [5.74, 6) is 1.19. The van der Waals surface area contributed by atoms with Gasteiger partial charge in [-0.3, -0.25) is 0 Å². The topological polar surface area (TPSA) is 55.6 Å². The molecule has 0 radical (unpaired) electrons. The second-order valence-electron chi connectivity index (χ2n) is 6.78. The summed E-state index contributed by atoms with van der Waals surface area (Å²) in [7, 11) is 0. The van der Waals surface area contributed by atoms with Crippen molar-refractivity contribution in [1.82, 2.24) is 20.2 Å². The Hall–Kier alpha value is -2.95. The van der Waals surface area contributed by atoms with Crippen LogP contribution in [0, 0.1) is 6.92 Å². The lowest BCUT2D eigenvalue weighted by Gasteiger charge is -2.23. The maximum atomic E-state index is 4.15. The van der Waals surface area contributed by atoms with Crippen LogP contribution in [-0.4, -0.2) is 20.2 Å². The van der Waals surface area contributed by atoms with Crippen molar-refractivity contribution in [2.24, 2.45) is 0 Å². The summed E-state index contributed by atoms with van der Waals surface area (Å²) in [5, 5.41) is 15.4. The van der Waals surface area contributed by atoms with E-state index < -0.39 is 0 Å². The first-order chi connectivity index (χ1) is 12.1. The number of allylic oxidation sites excluding steroid dienone is 1. The third-order valence-electron chi connectivity index (χ3n) is 4.63. The molecule has 1 aliphatic rings. The largest absolute Gasteiger partial charge is 0.323 e. The molecule has 2 heterocycles. The molecule has 5 nitrogen and oxygen atoms in total. The van der Waals surface area contributed by atoms with Crippen LogP contribution in [0.5, 0.6) is 0 Å². The van der Waals surface area contributed by atoms with Gasteiger partial charge in [-0.25, -0.2) is 0 Å². The average molecular weight is 331 g/mol. The lowest BCUT2D eigenvalue weighted by Crippen LogP contribution is -2.20. The minimum absolute atomic E-state index is 0.0216. The molecule has 4 rings (SSSR count). The van der Waals surface area contributed by atoms with Gasteiger partial charge in [0.15, 0.2) is 0 Å². The Morgan fingerprint density at radius 1 is 1.00 bits per heavy atom. The van der Waals surface area contributed by atoms with Crippen molar-refractivity contribution < 1.29 is 0 Å². The molecule has 126 valence electrons. The fourth-order valence-electron chi connectivity index (χ4n) is 3.07. The summed E-state index contributed by atoms with van der Waals surface area (Å²) in [4.78, 5) is 0. The van der Waals surface area contributed by atoms with Crippen molar-refractivity contribution in [3.8, 4) is 0 Å². The number of fused-ring (bicyclic) bond motifs is 1. The summed E-state index contributed by atoms with van der Waals surface area (Å²) in [6, 6.07) is 17.1. The van der Waals surface area contributed by atoms with Crippen LogP contribution in [0.25, 0.3) is 5.70 Å². The third kappa shape index (κ3) is 2.93. The molecule has 0 fully saturated rings. The molecule has 0 saturated carbocycles. The minimum Gasteiger partial charge on any atom is -0.323 e. The van der Waals surface area contributed by atoms with Crippen molar-refractivity contribution in [2.75, 3.05) is 5.32 Å². The number of aryl methyl sites for hydroxylation is 1. The molecule has 0 aliphatic carbocycles. The number of nitrogens with one attached hydrogen (secondary N) is 1. The van der Waals surface area contributed by atoms with E-state index in [0.29, 0.717) is 11.9 Å². The first-order valence-electron chi connectivity index (χ1n) is 8.55. The Balaban J connectivity index is 1.74. The van der Waals surface area contributed by atoms with E-state index in [0.717, 1.165) is 16.8 Å². The summed E-state index contributed by atoms with van der Waals surface area (Å²) in [6.45, 7) is 6.50. The summed E-state index contributed by atoms with van der Waals surface area (Å²) >= 11 is 0. The molecular weight excluding hydrogens is 310 g/mol. The molecular formula is C20H21N5. The van der Waals surface area contributed by atoms with Crippen LogP contribution in [0.1, 0.15) is 48.1 Å². The molecule has 0 saturated heterocycles. The maximum Gasteiger partial charge on any atom is 0.248 e. The van der Waals surface area contributed by atoms with Crippen LogP contribution in [-0.2, 0) is 0 Å². The van der Waals surface area contributed by atoms with E-state index >= 15 is 0 Å². The lowest BCUT2D eigenvalue weighted by molar-refractivity contribution is 0.586. The molecule has 3 aromatic rings. The second kappa shape index (κ2) is 6.16. The van der Waals surface area contributed by atoms with Gasteiger partial charge in [-0.05, 0) is 46.0 Å². The van der Waals surface area contributed by atoms with Crippen LogP contribution in [0.4, 0.5) is 5.95 Å².